The van der Waals surface area contributed by atoms with E-state index in [1.807, 2.05) is 18.2 Å². The van der Waals surface area contributed by atoms with Crippen molar-refractivity contribution in [2.45, 2.75) is 51.2 Å². The maximum atomic E-state index is 13.1. The van der Waals surface area contributed by atoms with Crippen LogP contribution in [0.15, 0.2) is 42.6 Å². The fourth-order valence-corrected chi connectivity index (χ4v) is 6.92. The molecule has 8 nitrogen and oxygen atoms in total. The maximum absolute atomic E-state index is 13.1. The number of hydrogen-bond donors (Lipinski definition) is 2. The van der Waals surface area contributed by atoms with Gasteiger partial charge in [-0.25, -0.2) is 4.98 Å². The lowest BCUT2D eigenvalue weighted by Gasteiger charge is -2.25. The van der Waals surface area contributed by atoms with E-state index in [9.17, 15) is 4.57 Å². The lowest BCUT2D eigenvalue weighted by atomic mass is 10.0. The van der Waals surface area contributed by atoms with Gasteiger partial charge in [0.1, 0.15) is 12.2 Å². The molecule has 1 aliphatic heterocycles. The summed E-state index contributed by atoms with van der Waals surface area (Å²) in [4.78, 5) is 11.7. The van der Waals surface area contributed by atoms with E-state index in [1.54, 1.807) is 26.6 Å². The molecule has 39 heavy (non-hydrogen) atoms. The van der Waals surface area contributed by atoms with E-state index in [0.717, 1.165) is 29.4 Å². The predicted molar refractivity (Wildman–Crippen MR) is 161 cm³/mol. The van der Waals surface area contributed by atoms with Crippen molar-refractivity contribution in [3.8, 4) is 0 Å². The summed E-state index contributed by atoms with van der Waals surface area (Å²) in [5, 5.41) is 7.77. The second-order valence-electron chi connectivity index (χ2n) is 10.7. The van der Waals surface area contributed by atoms with Gasteiger partial charge in [-0.1, -0.05) is 23.7 Å². The first-order chi connectivity index (χ1) is 18.3. The Labute approximate surface area is 236 Å². The second kappa shape index (κ2) is 12.8. The number of rotatable bonds is 8. The highest BCUT2D eigenvalue weighted by Gasteiger charge is 2.24. The molecule has 0 spiro atoms. The van der Waals surface area contributed by atoms with Crippen LogP contribution in [0.2, 0.25) is 5.02 Å². The summed E-state index contributed by atoms with van der Waals surface area (Å²) >= 11 is 6.47. The summed E-state index contributed by atoms with van der Waals surface area (Å²) in [6.45, 7) is 6.47. The van der Waals surface area contributed by atoms with Gasteiger partial charge in [0.2, 0.25) is 5.95 Å². The molecule has 1 fully saturated rings. The van der Waals surface area contributed by atoms with Crippen LogP contribution in [0.4, 0.5) is 23.1 Å². The molecular formula is C29H39ClN5O3P. The molecule has 210 valence electrons. The molecular weight excluding hydrogens is 533 g/mol. The molecule has 1 saturated heterocycles. The predicted octanol–water partition coefficient (Wildman–Crippen LogP) is 5.53. The first-order valence-corrected chi connectivity index (χ1v) is 16.4. The number of nitrogens with one attached hydrogen (secondary N) is 2. The molecule has 0 saturated carbocycles. The number of anilines is 4. The van der Waals surface area contributed by atoms with Crippen molar-refractivity contribution >= 4 is 47.2 Å². The van der Waals surface area contributed by atoms with E-state index in [-0.39, 0.29) is 5.48 Å². The zero-order valence-corrected chi connectivity index (χ0v) is 24.6. The van der Waals surface area contributed by atoms with Gasteiger partial charge >= 0.3 is 0 Å². The Kier molecular flexibility index (Phi) is 9.68. The number of ether oxygens (including phenoxy) is 1. The van der Waals surface area contributed by atoms with Crippen LogP contribution in [-0.4, -0.2) is 59.9 Å². The van der Waals surface area contributed by atoms with Crippen LogP contribution in [0.5, 0.6) is 0 Å². The second-order valence-corrected chi connectivity index (χ2v) is 14.3. The lowest BCUT2D eigenvalue weighted by Crippen LogP contribution is -2.32. The largest absolute Gasteiger partial charge is 0.412 e. The van der Waals surface area contributed by atoms with Gasteiger partial charge in [-0.2, -0.15) is 4.98 Å². The smallest absolute Gasteiger partial charge is 0.229 e. The zero-order valence-electron chi connectivity index (χ0n) is 23.0. The zero-order chi connectivity index (χ0) is 26.7. The van der Waals surface area contributed by atoms with Crippen LogP contribution in [0.3, 0.4) is 0 Å². The summed E-state index contributed by atoms with van der Waals surface area (Å²) in [5.74, 6) is 0.913. The van der Waals surface area contributed by atoms with Crippen LogP contribution >= 0.6 is 18.7 Å². The fraction of sp³-hybridized carbons (Fsp3) is 0.448. The molecule has 2 aliphatic rings. The number of likely N-dealkylation sites (tertiary alicyclic amines) is 1. The Bertz CT molecular complexity index is 1340. The van der Waals surface area contributed by atoms with Crippen molar-refractivity contribution in [2.75, 3.05) is 44.2 Å². The number of aromatic nitrogens is 2. The Balaban J connectivity index is 0.00000353. The molecule has 10 heteroatoms. The molecule has 5 rings (SSSR count). The molecule has 0 amide bonds. The molecule has 1 atom stereocenters. The Morgan fingerprint density at radius 3 is 2.51 bits per heavy atom. The number of methoxy groups -OCH3 is 1. The van der Waals surface area contributed by atoms with Gasteiger partial charge in [0.25, 0.3) is 0 Å². The van der Waals surface area contributed by atoms with Gasteiger partial charge in [0.15, 0.2) is 5.82 Å². The third-order valence-corrected chi connectivity index (χ3v) is 9.37. The summed E-state index contributed by atoms with van der Waals surface area (Å²) in [5.41, 5.74) is 5.49. The average Bonchev–Trinajstić information content (AvgIpc) is 3.34. The number of aryl methyl sites for hydroxylation is 2. The highest BCUT2D eigenvalue weighted by molar-refractivity contribution is 7.70. The molecule has 2 aromatic carbocycles. The van der Waals surface area contributed by atoms with Gasteiger partial charge in [0.05, 0.1) is 18.5 Å². The Morgan fingerprint density at radius 2 is 1.79 bits per heavy atom. The third-order valence-electron chi connectivity index (χ3n) is 7.56. The molecule has 4 N–H and O–H groups in total. The Morgan fingerprint density at radius 1 is 1.05 bits per heavy atom. The molecule has 3 aromatic rings. The van der Waals surface area contributed by atoms with Crippen molar-refractivity contribution in [1.29, 1.82) is 0 Å². The summed E-state index contributed by atoms with van der Waals surface area (Å²) in [6.07, 6.45) is 8.94. The summed E-state index contributed by atoms with van der Waals surface area (Å²) in [7, 11) is -0.928. The topological polar surface area (TPSA) is 111 Å². The SMILES string of the molecule is COCc1ccc(Nc2nc(Nc3ccc4c(c3)CC[C@@H](N3CCCC3)CC4)ncc2Cl)c(P(C)(C)=O)c1.O. The van der Waals surface area contributed by atoms with E-state index in [2.05, 4.69) is 43.7 Å². The number of nitrogens with zero attached hydrogens (tertiary/aromatic N) is 3. The van der Waals surface area contributed by atoms with E-state index < -0.39 is 7.14 Å². The van der Waals surface area contributed by atoms with Crippen LogP contribution in [0.1, 0.15) is 42.4 Å². The van der Waals surface area contributed by atoms with Crippen molar-refractivity contribution < 1.29 is 14.8 Å². The molecule has 0 bridgehead atoms. The highest BCUT2D eigenvalue weighted by Crippen LogP contribution is 2.39. The minimum Gasteiger partial charge on any atom is -0.412 e. The third kappa shape index (κ3) is 7.19. The molecule has 2 heterocycles. The molecule has 0 unspecified atom stereocenters. The van der Waals surface area contributed by atoms with Gasteiger partial charge in [-0.3, -0.25) is 0 Å². The molecule has 0 radical (unpaired) electrons. The van der Waals surface area contributed by atoms with Crippen molar-refractivity contribution in [3.05, 3.63) is 64.3 Å². The number of benzene rings is 2. The highest BCUT2D eigenvalue weighted by atomic mass is 35.5. The van der Waals surface area contributed by atoms with E-state index >= 15 is 0 Å². The van der Waals surface area contributed by atoms with Crippen molar-refractivity contribution in [3.63, 3.8) is 0 Å². The molecule has 1 aromatic heterocycles. The number of fused-ring (bicyclic) bond motifs is 1. The van der Waals surface area contributed by atoms with Crippen LogP contribution in [0.25, 0.3) is 0 Å². The molecule has 1 aliphatic carbocycles. The van der Waals surface area contributed by atoms with Gasteiger partial charge in [0, 0.05) is 24.1 Å². The first-order valence-electron chi connectivity index (χ1n) is 13.4. The van der Waals surface area contributed by atoms with E-state index in [4.69, 9.17) is 16.3 Å². The average molecular weight is 572 g/mol. The number of hydrogen-bond acceptors (Lipinski definition) is 7. The minimum absolute atomic E-state index is 0. The van der Waals surface area contributed by atoms with Crippen molar-refractivity contribution in [1.82, 2.24) is 14.9 Å². The maximum Gasteiger partial charge on any atom is 0.229 e. The quantitative estimate of drug-likeness (QED) is 0.270. The van der Waals surface area contributed by atoms with E-state index in [1.165, 1.54) is 49.9 Å². The van der Waals surface area contributed by atoms with Crippen LogP contribution in [-0.2, 0) is 28.8 Å². The fourth-order valence-electron chi connectivity index (χ4n) is 5.60. The minimum atomic E-state index is -2.57. The lowest BCUT2D eigenvalue weighted by molar-refractivity contribution is 0.185. The standard InChI is InChI=1S/C29H37ClN5O2P.H2O/c1-37-19-20-6-13-26(27(16-20)38(2,3)36)33-28-25(30)18-31-29(34-28)32-23-10-7-21-8-11-24(12-9-22(21)17-23)35-14-4-5-15-35;/h6-7,10,13,16-18,24H,4-5,8-9,11-12,14-15,19H2,1-3H3,(H2,31,32,33,34);1H2/t24-;/m0./s1. The van der Waals surface area contributed by atoms with Gasteiger partial charge in [-0.05, 0) is 106 Å². The monoisotopic (exact) mass is 571 g/mol. The van der Waals surface area contributed by atoms with Crippen LogP contribution < -0.4 is 15.9 Å². The Hall–Kier alpha value is -2.48. The number of halogens is 1. The van der Waals surface area contributed by atoms with Gasteiger partial charge in [-0.15, -0.1) is 0 Å². The van der Waals surface area contributed by atoms with Crippen LogP contribution in [0, 0.1) is 0 Å². The van der Waals surface area contributed by atoms with Gasteiger partial charge < -0.3 is 30.3 Å². The van der Waals surface area contributed by atoms with E-state index in [0.29, 0.717) is 35.1 Å². The van der Waals surface area contributed by atoms with Crippen molar-refractivity contribution in [2.24, 2.45) is 0 Å². The summed E-state index contributed by atoms with van der Waals surface area (Å²) in [6, 6.07) is 13.1. The summed E-state index contributed by atoms with van der Waals surface area (Å²) < 4.78 is 18.3. The normalized spacial score (nSPS) is 17.7. The first kappa shape index (κ1) is 29.5.